The number of H-pyrrole nitrogens is 2. The number of pyridine rings is 1. The van der Waals surface area contributed by atoms with Crippen LogP contribution >= 0.6 is 24.0 Å². The molecule has 3 amide bonds. The maximum absolute atomic E-state index is 14.7. The zero-order valence-electron chi connectivity index (χ0n) is 45.3. The number of piperazine rings is 1. The Hall–Kier alpha value is -7.35. The van der Waals surface area contributed by atoms with Gasteiger partial charge in [-0.05, 0) is 102 Å². The molecule has 4 heterocycles. The van der Waals surface area contributed by atoms with Gasteiger partial charge in [-0.2, -0.15) is 0 Å². The number of likely N-dealkylation sites (N-methyl/N-ethyl adjacent to an activating group) is 2. The first-order chi connectivity index (χ1) is 38.0. The molecule has 1 saturated heterocycles. The smallest absolute Gasteiger partial charge is 0.261 e. The highest BCUT2D eigenvalue weighted by atomic mass is 32.1. The summed E-state index contributed by atoms with van der Waals surface area (Å²) in [6.07, 6.45) is 1.71. The highest BCUT2D eigenvalue weighted by molar-refractivity contribution is 7.81. The van der Waals surface area contributed by atoms with Crippen LogP contribution in [0, 0.1) is 11.2 Å². The molecule has 18 heteroatoms. The number of thiol groups is 1. The van der Waals surface area contributed by atoms with Crippen molar-refractivity contribution < 1.29 is 23.5 Å². The molecule has 0 spiro atoms. The third kappa shape index (κ3) is 13.2. The molecular weight excluding hydrogens is 1040 g/mol. The Balaban J connectivity index is 0.701. The van der Waals surface area contributed by atoms with Gasteiger partial charge in [0.2, 0.25) is 17.7 Å². The van der Waals surface area contributed by atoms with E-state index in [4.69, 9.17) is 23.1 Å². The van der Waals surface area contributed by atoms with E-state index in [1.54, 1.807) is 24.5 Å². The lowest BCUT2D eigenvalue weighted by Crippen LogP contribution is -2.48. The van der Waals surface area contributed by atoms with Crippen LogP contribution in [0.4, 0.5) is 21.5 Å². The first kappa shape index (κ1) is 56.4. The Labute approximate surface area is 469 Å². The molecule has 0 aliphatic carbocycles. The normalized spacial score (nSPS) is 14.4. The van der Waals surface area contributed by atoms with Gasteiger partial charge in [0, 0.05) is 77.0 Å². The molecule has 5 aromatic carbocycles. The van der Waals surface area contributed by atoms with Crippen LogP contribution in [0.15, 0.2) is 132 Å². The fraction of sp³-hybridized carbons (Fsp3) is 0.328. The van der Waals surface area contributed by atoms with E-state index in [-0.39, 0.29) is 46.6 Å². The number of aromatic nitrogens is 3. The van der Waals surface area contributed by atoms with Gasteiger partial charge in [0.1, 0.15) is 28.2 Å². The van der Waals surface area contributed by atoms with Crippen molar-refractivity contribution in [3.8, 4) is 33.0 Å². The fourth-order valence-electron chi connectivity index (χ4n) is 10.1. The average molecular weight is 1110 g/mol. The number of imidazole rings is 1. The number of carbonyl (C=O) groups is 3. The van der Waals surface area contributed by atoms with Gasteiger partial charge in [-0.1, -0.05) is 99.6 Å². The van der Waals surface area contributed by atoms with Crippen LogP contribution in [0.3, 0.4) is 0 Å². The van der Waals surface area contributed by atoms with Gasteiger partial charge in [-0.25, -0.2) is 9.37 Å². The standard InChI is InChI=1S/C61H69FN10O5S2/c1-6-61(78,26-24-50(73)65-28-29-71-30-32-72(33-31-71)44-22-23-46-49(37-44)67-56(66-46)52-53(63)51-45(62)16-11-17-47(51)68-57(52)74)77-34-27-60(2,3)59(76)69-48-25-35-79-55(48)43-15-10-14-42(36-43)40-20-18-39(19-21-40)38-70(5)54(58(75)64-4)41-12-8-7-9-13-41/h7-23,25,35-37,54,78H,6,24,26-34,38H2,1-5H3,(H,64,75)(H,65,73)(H,66,67)(H,69,76)(H3,63,68,74)/t54-,61?/m1/s1. The van der Waals surface area contributed by atoms with Crippen molar-refractivity contribution in [2.45, 2.75) is 64.0 Å². The quantitative estimate of drug-likeness (QED) is 0.0254. The number of nitrogen functional groups attached to an aromatic ring is 1. The van der Waals surface area contributed by atoms with E-state index in [9.17, 15) is 23.6 Å². The number of ether oxygens (including phenoxy) is 1. The van der Waals surface area contributed by atoms with Crippen LogP contribution in [0.25, 0.3) is 54.9 Å². The second-order valence-corrected chi connectivity index (χ2v) is 22.6. The van der Waals surface area contributed by atoms with Gasteiger partial charge in [0.05, 0.1) is 38.2 Å². The number of rotatable bonds is 22. The summed E-state index contributed by atoms with van der Waals surface area (Å²) in [5, 5.41) is 11.2. The fourth-order valence-corrected chi connectivity index (χ4v) is 11.2. The van der Waals surface area contributed by atoms with Crippen molar-refractivity contribution in [2.24, 2.45) is 5.41 Å². The van der Waals surface area contributed by atoms with Crippen molar-refractivity contribution >= 4 is 80.7 Å². The lowest BCUT2D eigenvalue weighted by molar-refractivity contribution is -0.126. The number of nitrogens with one attached hydrogen (secondary N) is 5. The number of hydrogen-bond acceptors (Lipinski definition) is 12. The van der Waals surface area contributed by atoms with Crippen molar-refractivity contribution in [3.63, 3.8) is 0 Å². The number of carbonyl (C=O) groups excluding carboxylic acids is 3. The lowest BCUT2D eigenvalue weighted by Gasteiger charge is -2.36. The molecule has 79 heavy (non-hydrogen) atoms. The first-order valence-corrected chi connectivity index (χ1v) is 28.1. The van der Waals surface area contributed by atoms with Gasteiger partial charge >= 0.3 is 0 Å². The van der Waals surface area contributed by atoms with Gasteiger partial charge in [-0.3, -0.25) is 29.0 Å². The van der Waals surface area contributed by atoms with Crippen molar-refractivity contribution in [2.75, 3.05) is 75.9 Å². The van der Waals surface area contributed by atoms with Gasteiger partial charge < -0.3 is 41.3 Å². The van der Waals surface area contributed by atoms with Crippen LogP contribution in [0.2, 0.25) is 0 Å². The Morgan fingerprint density at radius 3 is 2.38 bits per heavy atom. The first-order valence-electron chi connectivity index (χ1n) is 26.8. The summed E-state index contributed by atoms with van der Waals surface area (Å²) in [7, 11) is 3.63. The van der Waals surface area contributed by atoms with Crippen molar-refractivity contribution in [1.82, 2.24) is 35.4 Å². The highest BCUT2D eigenvalue weighted by Crippen LogP contribution is 2.38. The van der Waals surface area contributed by atoms with Crippen LogP contribution < -0.4 is 32.1 Å². The zero-order chi connectivity index (χ0) is 55.8. The Morgan fingerprint density at radius 1 is 0.886 bits per heavy atom. The maximum Gasteiger partial charge on any atom is 0.261 e. The summed E-state index contributed by atoms with van der Waals surface area (Å²) < 4.78 is 21.0. The predicted molar refractivity (Wildman–Crippen MR) is 320 cm³/mol. The minimum atomic E-state index is -0.831. The molecular formula is C61H69FN10O5S2. The predicted octanol–water partition coefficient (Wildman–Crippen LogP) is 10.2. The van der Waals surface area contributed by atoms with Crippen molar-refractivity contribution in [3.05, 3.63) is 154 Å². The Kier molecular flexibility index (Phi) is 17.7. The largest absolute Gasteiger partial charge is 0.397 e. The second kappa shape index (κ2) is 24.8. The molecule has 1 aliphatic rings. The third-order valence-corrected chi connectivity index (χ3v) is 16.7. The molecule has 9 rings (SSSR count). The number of nitrogens with zero attached hydrogens (tertiary/aromatic N) is 4. The van der Waals surface area contributed by atoms with E-state index in [0.717, 1.165) is 75.8 Å². The number of aromatic amines is 2. The molecule has 0 saturated carbocycles. The SMILES string of the molecule is CCC(S)(CCC(=O)NCCN1CCN(c2ccc3nc(-c4c(N)c5c(F)cccc5[nH]c4=O)[nH]c3c2)CC1)OCCC(C)(C)C(=O)Nc1ccsc1-c1cccc(-c2ccc(CN(C)[C@@H](C(=O)NC)c3ccccc3)cc2)c1. The van der Waals surface area contributed by atoms with Gasteiger partial charge in [-0.15, -0.1) is 24.0 Å². The van der Waals surface area contributed by atoms with Crippen LogP contribution in [-0.2, 0) is 25.7 Å². The third-order valence-electron chi connectivity index (χ3n) is 15.0. The molecule has 15 nitrogen and oxygen atoms in total. The molecule has 412 valence electrons. The molecule has 0 radical (unpaired) electrons. The summed E-state index contributed by atoms with van der Waals surface area (Å²) in [6.45, 7) is 11.1. The Bertz CT molecular complexity index is 3500. The summed E-state index contributed by atoms with van der Waals surface area (Å²) in [5.41, 5.74) is 13.9. The van der Waals surface area contributed by atoms with Crippen molar-refractivity contribution in [1.29, 1.82) is 0 Å². The number of halogens is 1. The lowest BCUT2D eigenvalue weighted by atomic mass is 9.88. The topological polar surface area (TPSA) is 194 Å². The van der Waals surface area contributed by atoms with Crippen LogP contribution in [0.5, 0.6) is 0 Å². The molecule has 1 unspecified atom stereocenters. The minimum Gasteiger partial charge on any atom is -0.397 e. The maximum atomic E-state index is 14.7. The molecule has 3 aromatic heterocycles. The average Bonchev–Trinajstić information content (AvgIpc) is 4.24. The van der Waals surface area contributed by atoms with Gasteiger partial charge in [0.25, 0.3) is 5.56 Å². The minimum absolute atomic E-state index is 0.0355. The second-order valence-electron chi connectivity index (χ2n) is 20.9. The number of hydrogen-bond donors (Lipinski definition) is 7. The van der Waals surface area contributed by atoms with Gasteiger partial charge in [0.15, 0.2) is 0 Å². The number of benzene rings is 5. The highest BCUT2D eigenvalue weighted by Gasteiger charge is 2.32. The van der Waals surface area contributed by atoms with Crippen LogP contribution in [0.1, 0.15) is 63.6 Å². The molecule has 7 N–H and O–H groups in total. The summed E-state index contributed by atoms with van der Waals surface area (Å²) in [4.78, 5) is 70.3. The van der Waals surface area contributed by atoms with Crippen LogP contribution in [-0.4, -0.2) is 107 Å². The molecule has 8 aromatic rings. The van der Waals surface area contributed by atoms with E-state index in [1.165, 1.54) is 12.1 Å². The summed E-state index contributed by atoms with van der Waals surface area (Å²) in [6, 6.07) is 38.4. The molecule has 0 bridgehead atoms. The van der Waals surface area contributed by atoms with E-state index in [2.05, 4.69) is 88.1 Å². The Morgan fingerprint density at radius 2 is 1.63 bits per heavy atom. The molecule has 1 fully saturated rings. The number of nitrogens with two attached hydrogens (primary N) is 1. The van der Waals surface area contributed by atoms with E-state index in [0.29, 0.717) is 56.5 Å². The number of amides is 3. The summed E-state index contributed by atoms with van der Waals surface area (Å²) >= 11 is 6.46. The molecule has 1 aliphatic heterocycles. The number of thiophene rings is 1. The summed E-state index contributed by atoms with van der Waals surface area (Å²) in [5.74, 6) is -0.485. The monoisotopic (exact) mass is 1100 g/mol. The molecule has 2 atom stereocenters. The van der Waals surface area contributed by atoms with E-state index in [1.807, 2.05) is 93.9 Å². The van der Waals surface area contributed by atoms with E-state index >= 15 is 0 Å². The number of fused-ring (bicyclic) bond motifs is 2. The number of anilines is 3. The van der Waals surface area contributed by atoms with E-state index < -0.39 is 27.8 Å². The zero-order valence-corrected chi connectivity index (χ0v) is 47.0.